The van der Waals surface area contributed by atoms with Crippen molar-refractivity contribution in [3.8, 4) is 0 Å². The monoisotopic (exact) mass is 391 g/mol. The van der Waals surface area contributed by atoms with Gasteiger partial charge >= 0.3 is 6.09 Å². The topological polar surface area (TPSA) is 65.6 Å². The van der Waals surface area contributed by atoms with Gasteiger partial charge in [0.25, 0.3) is 0 Å². The first-order valence-electron chi connectivity index (χ1n) is 10.00. The molecule has 1 unspecified atom stereocenters. The summed E-state index contributed by atoms with van der Waals surface area (Å²) in [6.45, 7) is 4.50. The number of aromatic nitrogens is 1. The number of ether oxygens (including phenoxy) is 1. The second kappa shape index (κ2) is 8.49. The van der Waals surface area contributed by atoms with Gasteiger partial charge in [0.1, 0.15) is 0 Å². The Morgan fingerprint density at radius 1 is 1.00 bits per heavy atom. The maximum Gasteiger partial charge on any atom is 0.409 e. The van der Waals surface area contributed by atoms with E-state index in [9.17, 15) is 9.59 Å². The first kappa shape index (κ1) is 19.2. The van der Waals surface area contributed by atoms with Crippen LogP contribution in [0.2, 0.25) is 0 Å². The smallest absolute Gasteiger partial charge is 0.409 e. The molecular formula is C23H25N3O3. The van der Waals surface area contributed by atoms with Gasteiger partial charge in [0, 0.05) is 48.8 Å². The third-order valence-corrected chi connectivity index (χ3v) is 5.42. The minimum Gasteiger partial charge on any atom is -0.450 e. The van der Waals surface area contributed by atoms with Crippen molar-refractivity contribution in [3.63, 3.8) is 0 Å². The first-order chi connectivity index (χ1) is 14.2. The molecule has 3 aromatic rings. The molecule has 2 heterocycles. The zero-order chi connectivity index (χ0) is 20.2. The van der Waals surface area contributed by atoms with E-state index in [0.717, 1.165) is 16.5 Å². The van der Waals surface area contributed by atoms with E-state index in [0.29, 0.717) is 38.3 Å². The summed E-state index contributed by atoms with van der Waals surface area (Å²) in [5, 5.41) is 0.934. The molecule has 0 radical (unpaired) electrons. The van der Waals surface area contributed by atoms with Crippen molar-refractivity contribution in [2.24, 2.45) is 0 Å². The molecule has 1 amide bonds. The molecule has 0 spiro atoms. The lowest BCUT2D eigenvalue weighted by molar-refractivity contribution is 0.0575. The van der Waals surface area contributed by atoms with E-state index in [-0.39, 0.29) is 17.9 Å². The van der Waals surface area contributed by atoms with E-state index >= 15 is 0 Å². The average Bonchev–Trinajstić information content (AvgIpc) is 3.19. The number of H-pyrrole nitrogens is 1. The molecular weight excluding hydrogens is 366 g/mol. The Bertz CT molecular complexity index is 991. The Morgan fingerprint density at radius 3 is 2.41 bits per heavy atom. The number of amides is 1. The lowest BCUT2D eigenvalue weighted by atomic mass is 9.95. The van der Waals surface area contributed by atoms with Crippen LogP contribution in [0, 0.1) is 0 Å². The fraction of sp³-hybridized carbons (Fsp3) is 0.304. The highest BCUT2D eigenvalue weighted by atomic mass is 16.6. The van der Waals surface area contributed by atoms with Gasteiger partial charge in [-0.2, -0.15) is 0 Å². The molecule has 4 rings (SSSR count). The van der Waals surface area contributed by atoms with E-state index in [2.05, 4.69) is 9.88 Å². The molecule has 1 saturated heterocycles. The number of rotatable bonds is 5. The van der Waals surface area contributed by atoms with Crippen LogP contribution >= 0.6 is 0 Å². The summed E-state index contributed by atoms with van der Waals surface area (Å²) in [7, 11) is 0. The van der Waals surface area contributed by atoms with Crippen molar-refractivity contribution >= 4 is 22.8 Å². The number of hydrogen-bond donors (Lipinski definition) is 1. The van der Waals surface area contributed by atoms with Crippen LogP contribution in [-0.4, -0.2) is 59.4 Å². The number of carbonyl (C=O) groups excluding carboxylic acids is 2. The third kappa shape index (κ3) is 3.89. The van der Waals surface area contributed by atoms with E-state index in [1.807, 2.05) is 54.6 Å². The van der Waals surface area contributed by atoms with Crippen LogP contribution < -0.4 is 0 Å². The van der Waals surface area contributed by atoms with Crippen LogP contribution in [0.25, 0.3) is 10.9 Å². The van der Waals surface area contributed by atoms with Crippen molar-refractivity contribution in [1.29, 1.82) is 0 Å². The highest BCUT2D eigenvalue weighted by molar-refractivity contribution is 6.10. The normalized spacial score (nSPS) is 16.0. The second-order valence-corrected chi connectivity index (χ2v) is 7.15. The molecule has 29 heavy (non-hydrogen) atoms. The Morgan fingerprint density at radius 2 is 1.69 bits per heavy atom. The average molecular weight is 391 g/mol. The number of aromatic amines is 1. The molecule has 1 fully saturated rings. The number of hydrogen-bond acceptors (Lipinski definition) is 4. The molecule has 2 aromatic carbocycles. The zero-order valence-electron chi connectivity index (χ0n) is 16.5. The Balaban J connectivity index is 1.62. The van der Waals surface area contributed by atoms with Crippen LogP contribution in [0.4, 0.5) is 4.79 Å². The maximum absolute atomic E-state index is 13.7. The van der Waals surface area contributed by atoms with E-state index in [4.69, 9.17) is 4.74 Å². The van der Waals surface area contributed by atoms with Gasteiger partial charge in [-0.05, 0) is 18.6 Å². The Hall–Kier alpha value is -3.12. The van der Waals surface area contributed by atoms with E-state index in [1.54, 1.807) is 18.0 Å². The fourth-order valence-electron chi connectivity index (χ4n) is 3.96. The van der Waals surface area contributed by atoms with Gasteiger partial charge in [0.05, 0.1) is 12.6 Å². The first-order valence-corrected chi connectivity index (χ1v) is 10.00. The standard InChI is InChI=1S/C23H25N3O3/c1-2-29-23(28)26-14-12-25(13-15-26)21(17-8-4-3-5-9-17)22(27)19-16-24-20-11-7-6-10-18(19)20/h3-11,16,21,24H,2,12-15H2,1H3. The summed E-state index contributed by atoms with van der Waals surface area (Å²) in [5.41, 5.74) is 2.62. The number of piperazine rings is 1. The summed E-state index contributed by atoms with van der Waals surface area (Å²) < 4.78 is 5.11. The lowest BCUT2D eigenvalue weighted by Gasteiger charge is -2.38. The molecule has 1 N–H and O–H groups in total. The highest BCUT2D eigenvalue weighted by Gasteiger charge is 2.33. The van der Waals surface area contributed by atoms with Crippen LogP contribution in [-0.2, 0) is 4.74 Å². The van der Waals surface area contributed by atoms with Gasteiger partial charge in [0.2, 0.25) is 0 Å². The van der Waals surface area contributed by atoms with E-state index in [1.165, 1.54) is 0 Å². The van der Waals surface area contributed by atoms with Crippen LogP contribution in [0.15, 0.2) is 60.8 Å². The minimum absolute atomic E-state index is 0.0678. The predicted octanol–water partition coefficient (Wildman–Crippen LogP) is 3.87. The maximum atomic E-state index is 13.7. The van der Waals surface area contributed by atoms with Gasteiger partial charge < -0.3 is 14.6 Å². The number of benzene rings is 2. The van der Waals surface area contributed by atoms with Crippen molar-refractivity contribution in [2.45, 2.75) is 13.0 Å². The minimum atomic E-state index is -0.389. The molecule has 1 aromatic heterocycles. The number of nitrogens with zero attached hydrogens (tertiary/aromatic N) is 2. The Kier molecular flexibility index (Phi) is 5.62. The highest BCUT2D eigenvalue weighted by Crippen LogP contribution is 2.29. The van der Waals surface area contributed by atoms with Gasteiger partial charge in [-0.15, -0.1) is 0 Å². The fourth-order valence-corrected chi connectivity index (χ4v) is 3.96. The Labute approximate surface area is 170 Å². The lowest BCUT2D eigenvalue weighted by Crippen LogP contribution is -2.51. The number of para-hydroxylation sites is 1. The molecule has 0 aliphatic carbocycles. The predicted molar refractivity (Wildman–Crippen MR) is 112 cm³/mol. The molecule has 0 bridgehead atoms. The quantitative estimate of drug-likeness (QED) is 0.671. The molecule has 0 saturated carbocycles. The number of nitrogens with one attached hydrogen (secondary N) is 1. The van der Waals surface area contributed by atoms with Crippen molar-refractivity contribution < 1.29 is 14.3 Å². The van der Waals surface area contributed by atoms with Gasteiger partial charge in [-0.3, -0.25) is 9.69 Å². The number of fused-ring (bicyclic) bond motifs is 1. The van der Waals surface area contributed by atoms with Gasteiger partial charge in [0.15, 0.2) is 5.78 Å². The van der Waals surface area contributed by atoms with Crippen molar-refractivity contribution in [3.05, 3.63) is 71.9 Å². The summed E-state index contributed by atoms with van der Waals surface area (Å²) in [6, 6.07) is 17.3. The van der Waals surface area contributed by atoms with Crippen molar-refractivity contribution in [2.75, 3.05) is 32.8 Å². The SMILES string of the molecule is CCOC(=O)N1CCN(C(C(=O)c2c[nH]c3ccccc23)c2ccccc2)CC1. The summed E-state index contributed by atoms with van der Waals surface area (Å²) in [4.78, 5) is 32.8. The second-order valence-electron chi connectivity index (χ2n) is 7.15. The van der Waals surface area contributed by atoms with Crippen LogP contribution in [0.1, 0.15) is 28.9 Å². The van der Waals surface area contributed by atoms with Gasteiger partial charge in [-0.1, -0.05) is 48.5 Å². The molecule has 1 aliphatic rings. The number of ketones is 1. The van der Waals surface area contributed by atoms with Gasteiger partial charge in [-0.25, -0.2) is 4.79 Å². The van der Waals surface area contributed by atoms with Crippen molar-refractivity contribution in [1.82, 2.24) is 14.8 Å². The molecule has 6 nitrogen and oxygen atoms in total. The van der Waals surface area contributed by atoms with Crippen LogP contribution in [0.5, 0.6) is 0 Å². The summed E-state index contributed by atoms with van der Waals surface area (Å²) in [5.74, 6) is 0.0678. The summed E-state index contributed by atoms with van der Waals surface area (Å²) >= 11 is 0. The number of Topliss-reactive ketones (excluding diaryl/α,β-unsaturated/α-hetero) is 1. The number of carbonyl (C=O) groups is 2. The third-order valence-electron chi connectivity index (χ3n) is 5.42. The zero-order valence-corrected chi connectivity index (χ0v) is 16.5. The molecule has 1 atom stereocenters. The van der Waals surface area contributed by atoms with Crippen LogP contribution in [0.3, 0.4) is 0 Å². The molecule has 1 aliphatic heterocycles. The summed E-state index contributed by atoms with van der Waals surface area (Å²) in [6.07, 6.45) is 1.52. The largest absolute Gasteiger partial charge is 0.450 e. The van der Waals surface area contributed by atoms with E-state index < -0.39 is 0 Å². The molecule has 6 heteroatoms. The molecule has 150 valence electrons.